The molecule has 0 saturated carbocycles. The fourth-order valence-electron chi connectivity index (χ4n) is 2.08. The van der Waals surface area contributed by atoms with Gasteiger partial charge in [0.25, 0.3) is 0 Å². The highest BCUT2D eigenvalue weighted by Crippen LogP contribution is 2.29. The van der Waals surface area contributed by atoms with Crippen LogP contribution < -0.4 is 0 Å². The molecule has 0 N–H and O–H groups in total. The summed E-state index contributed by atoms with van der Waals surface area (Å²) < 4.78 is 1.92. The van der Waals surface area contributed by atoms with Crippen LogP contribution in [0.5, 0.6) is 0 Å². The van der Waals surface area contributed by atoms with E-state index in [1.165, 1.54) is 11.8 Å². The van der Waals surface area contributed by atoms with E-state index >= 15 is 0 Å². The van der Waals surface area contributed by atoms with Crippen LogP contribution in [0.25, 0.3) is 22.5 Å². The lowest BCUT2D eigenvalue weighted by Crippen LogP contribution is -1.93. The van der Waals surface area contributed by atoms with Crippen LogP contribution in [-0.2, 0) is 6.54 Å². The molecule has 0 aliphatic carbocycles. The predicted octanol–water partition coefficient (Wildman–Crippen LogP) is 3.14. The summed E-state index contributed by atoms with van der Waals surface area (Å²) in [7, 11) is 0. The van der Waals surface area contributed by atoms with E-state index in [2.05, 4.69) is 27.0 Å². The molecule has 0 fully saturated rings. The summed E-state index contributed by atoms with van der Waals surface area (Å²) >= 11 is 1.53. The predicted molar refractivity (Wildman–Crippen MR) is 83.9 cm³/mol. The van der Waals surface area contributed by atoms with Gasteiger partial charge < -0.3 is 0 Å². The maximum Gasteiger partial charge on any atom is 0.187 e. The van der Waals surface area contributed by atoms with E-state index in [1.54, 1.807) is 12.4 Å². The topological polar surface area (TPSA) is 56.5 Å². The van der Waals surface area contributed by atoms with E-state index < -0.39 is 0 Å². The molecule has 3 aromatic heterocycles. The van der Waals surface area contributed by atoms with Crippen LogP contribution in [0.1, 0.15) is 6.92 Å². The first-order chi connectivity index (χ1) is 10.3. The van der Waals surface area contributed by atoms with E-state index in [4.69, 9.17) is 0 Å². The van der Waals surface area contributed by atoms with Crippen LogP contribution in [0.3, 0.4) is 0 Å². The maximum absolute atomic E-state index is 4.64. The zero-order chi connectivity index (χ0) is 14.7. The number of rotatable bonds is 4. The molecule has 0 aliphatic rings. The van der Waals surface area contributed by atoms with Crippen LogP contribution in [0.4, 0.5) is 0 Å². The van der Waals surface area contributed by atoms with Gasteiger partial charge in [-0.05, 0) is 31.4 Å². The molecule has 3 rings (SSSR count). The molecule has 0 aromatic carbocycles. The molecule has 0 bridgehead atoms. The third-order valence-corrected chi connectivity index (χ3v) is 3.67. The van der Waals surface area contributed by atoms with Gasteiger partial charge in [0, 0.05) is 42.5 Å². The Kier molecular flexibility index (Phi) is 3.96. The Bertz CT molecular complexity index is 739. The molecule has 0 unspecified atom stereocenters. The van der Waals surface area contributed by atoms with Gasteiger partial charge in [-0.25, -0.2) is 9.97 Å². The van der Waals surface area contributed by atoms with Crippen molar-refractivity contribution in [1.82, 2.24) is 24.7 Å². The maximum atomic E-state index is 4.64. The van der Waals surface area contributed by atoms with Crippen LogP contribution in [0.15, 0.2) is 48.1 Å². The van der Waals surface area contributed by atoms with Crippen molar-refractivity contribution in [3.63, 3.8) is 0 Å². The highest BCUT2D eigenvalue weighted by molar-refractivity contribution is 7.98. The minimum Gasteiger partial charge on any atom is -0.272 e. The van der Waals surface area contributed by atoms with Crippen LogP contribution >= 0.6 is 11.8 Å². The van der Waals surface area contributed by atoms with E-state index in [0.717, 1.165) is 34.2 Å². The highest BCUT2D eigenvalue weighted by Gasteiger charge is 2.14. The molecule has 3 heterocycles. The Morgan fingerprint density at radius 2 is 2.14 bits per heavy atom. The number of aromatic nitrogens is 5. The van der Waals surface area contributed by atoms with E-state index in [0.29, 0.717) is 0 Å². The average Bonchev–Trinajstić information content (AvgIpc) is 3.00. The molecule has 0 spiro atoms. The van der Waals surface area contributed by atoms with Crippen molar-refractivity contribution in [2.24, 2.45) is 0 Å². The molecule has 3 aromatic rings. The second-order valence-corrected chi connectivity index (χ2v) is 5.19. The van der Waals surface area contributed by atoms with Gasteiger partial charge in [0.05, 0.1) is 5.69 Å². The van der Waals surface area contributed by atoms with Crippen molar-refractivity contribution < 1.29 is 0 Å². The Morgan fingerprint density at radius 3 is 2.86 bits per heavy atom. The van der Waals surface area contributed by atoms with Crippen LogP contribution in [0.2, 0.25) is 0 Å². The largest absolute Gasteiger partial charge is 0.272 e. The fraction of sp³-hybridized carbons (Fsp3) is 0.200. The monoisotopic (exact) mass is 297 g/mol. The number of thioether (sulfide) groups is 1. The van der Waals surface area contributed by atoms with Gasteiger partial charge in [-0.15, -0.1) is 0 Å². The molecule has 0 aliphatic heterocycles. The van der Waals surface area contributed by atoms with Crippen molar-refractivity contribution in [2.45, 2.75) is 18.6 Å². The summed E-state index contributed by atoms with van der Waals surface area (Å²) in [5.74, 6) is 0. The Hall–Kier alpha value is -2.21. The summed E-state index contributed by atoms with van der Waals surface area (Å²) in [5, 5.41) is 5.40. The Balaban J connectivity index is 2.15. The van der Waals surface area contributed by atoms with Gasteiger partial charge in [0.2, 0.25) is 0 Å². The quantitative estimate of drug-likeness (QED) is 0.547. The lowest BCUT2D eigenvalue weighted by atomic mass is 10.1. The van der Waals surface area contributed by atoms with Crippen LogP contribution in [-0.4, -0.2) is 31.0 Å². The minimum atomic E-state index is 0.758. The lowest BCUT2D eigenvalue weighted by Gasteiger charge is -2.02. The molecular formula is C15H15N5S. The molecule has 0 amide bonds. The van der Waals surface area contributed by atoms with Gasteiger partial charge >= 0.3 is 0 Å². The van der Waals surface area contributed by atoms with Crippen molar-refractivity contribution in [1.29, 1.82) is 0 Å². The second kappa shape index (κ2) is 6.05. The molecule has 6 heteroatoms. The minimum absolute atomic E-state index is 0.758. The van der Waals surface area contributed by atoms with E-state index in [1.807, 2.05) is 41.5 Å². The molecule has 106 valence electrons. The highest BCUT2D eigenvalue weighted by atomic mass is 32.2. The third-order valence-electron chi connectivity index (χ3n) is 3.11. The van der Waals surface area contributed by atoms with Crippen molar-refractivity contribution >= 4 is 11.8 Å². The van der Waals surface area contributed by atoms with Crippen molar-refractivity contribution in [3.8, 4) is 22.5 Å². The summed E-state index contributed by atoms with van der Waals surface area (Å²) in [5.41, 5.74) is 3.77. The molecule has 0 radical (unpaired) electrons. The smallest absolute Gasteiger partial charge is 0.187 e. The van der Waals surface area contributed by atoms with Crippen molar-refractivity contribution in [3.05, 3.63) is 43.0 Å². The van der Waals surface area contributed by atoms with Gasteiger partial charge in [0.1, 0.15) is 5.69 Å². The summed E-state index contributed by atoms with van der Waals surface area (Å²) in [6.45, 7) is 2.88. The second-order valence-electron chi connectivity index (χ2n) is 4.42. The summed E-state index contributed by atoms with van der Waals surface area (Å²) in [6, 6.07) is 5.84. The van der Waals surface area contributed by atoms with Gasteiger partial charge in [0.15, 0.2) is 5.16 Å². The first-order valence-electron chi connectivity index (χ1n) is 6.67. The Morgan fingerprint density at radius 1 is 1.24 bits per heavy atom. The number of nitrogens with zero attached hydrogens (tertiary/aromatic N) is 5. The first kappa shape index (κ1) is 13.8. The molecule has 0 atom stereocenters. The van der Waals surface area contributed by atoms with Crippen LogP contribution in [0, 0.1) is 0 Å². The third kappa shape index (κ3) is 2.80. The fourth-order valence-corrected chi connectivity index (χ4v) is 2.43. The SMILES string of the molecule is CCn1cc(-c2ccnc(SC)n2)c(-c2cccnc2)n1. The van der Waals surface area contributed by atoms with E-state index in [-0.39, 0.29) is 0 Å². The molecule has 0 saturated heterocycles. The number of pyridine rings is 1. The summed E-state index contributed by atoms with van der Waals surface area (Å²) in [6.07, 6.45) is 9.36. The molecule has 21 heavy (non-hydrogen) atoms. The van der Waals surface area contributed by atoms with Crippen molar-refractivity contribution in [2.75, 3.05) is 6.26 Å². The zero-order valence-electron chi connectivity index (χ0n) is 11.9. The summed E-state index contributed by atoms with van der Waals surface area (Å²) in [4.78, 5) is 13.0. The molecule has 5 nitrogen and oxygen atoms in total. The van der Waals surface area contributed by atoms with Gasteiger partial charge in [-0.3, -0.25) is 9.67 Å². The molecular weight excluding hydrogens is 282 g/mol. The number of hydrogen-bond donors (Lipinski definition) is 0. The lowest BCUT2D eigenvalue weighted by molar-refractivity contribution is 0.662. The average molecular weight is 297 g/mol. The first-order valence-corrected chi connectivity index (χ1v) is 7.89. The van der Waals surface area contributed by atoms with Gasteiger partial charge in [-0.2, -0.15) is 5.10 Å². The Labute approximate surface area is 127 Å². The van der Waals surface area contributed by atoms with E-state index in [9.17, 15) is 0 Å². The number of hydrogen-bond acceptors (Lipinski definition) is 5. The zero-order valence-corrected chi connectivity index (χ0v) is 12.7. The number of aryl methyl sites for hydroxylation is 1. The standard InChI is InChI=1S/C15H15N5S/c1-3-20-10-12(13-6-8-17-15(18-13)21-2)14(19-20)11-5-4-7-16-9-11/h4-10H,3H2,1-2H3. The normalized spacial score (nSPS) is 10.8. The van der Waals surface area contributed by atoms with Gasteiger partial charge in [-0.1, -0.05) is 11.8 Å².